The number of anilines is 1. The summed E-state index contributed by atoms with van der Waals surface area (Å²) in [6.45, 7) is 5.82. The van der Waals surface area contributed by atoms with Crippen LogP contribution < -0.4 is 10.0 Å². The van der Waals surface area contributed by atoms with Crippen molar-refractivity contribution in [2.24, 2.45) is 0 Å². The van der Waals surface area contributed by atoms with Gasteiger partial charge in [0.25, 0.3) is 5.91 Å². The Kier molecular flexibility index (Phi) is 5.56. The molecular weight excluding hydrogens is 276 g/mol. The van der Waals surface area contributed by atoms with Gasteiger partial charge in [0.2, 0.25) is 10.0 Å². The summed E-state index contributed by atoms with van der Waals surface area (Å²) in [6, 6.07) is 5.08. The van der Waals surface area contributed by atoms with Crippen LogP contribution in [0.5, 0.6) is 0 Å². The van der Waals surface area contributed by atoms with Crippen molar-refractivity contribution in [1.82, 2.24) is 5.32 Å². The number of benzene rings is 1. The SMILES string of the molecule is CCC(CC)NC(=O)c1ccc(NS(C)(=O)=O)c(C)c1. The Morgan fingerprint density at radius 1 is 1.25 bits per heavy atom. The fraction of sp³-hybridized carbons (Fsp3) is 0.500. The van der Waals surface area contributed by atoms with Crippen molar-refractivity contribution in [2.75, 3.05) is 11.0 Å². The van der Waals surface area contributed by atoms with Gasteiger partial charge in [0.15, 0.2) is 0 Å². The Balaban J connectivity index is 2.89. The van der Waals surface area contributed by atoms with E-state index in [4.69, 9.17) is 0 Å². The minimum absolute atomic E-state index is 0.132. The average Bonchev–Trinajstić information content (AvgIpc) is 2.36. The van der Waals surface area contributed by atoms with E-state index in [0.717, 1.165) is 19.1 Å². The summed E-state index contributed by atoms with van der Waals surface area (Å²) in [5.74, 6) is -0.132. The lowest BCUT2D eigenvalue weighted by Gasteiger charge is -2.15. The van der Waals surface area contributed by atoms with E-state index in [1.165, 1.54) is 0 Å². The molecule has 1 aromatic rings. The first kappa shape index (κ1) is 16.5. The molecule has 1 amide bonds. The predicted octanol–water partition coefficient (Wildman–Crippen LogP) is 2.28. The number of hydrogen-bond donors (Lipinski definition) is 2. The van der Waals surface area contributed by atoms with Gasteiger partial charge in [-0.1, -0.05) is 13.8 Å². The third-order valence-electron chi connectivity index (χ3n) is 3.10. The van der Waals surface area contributed by atoms with Crippen molar-refractivity contribution < 1.29 is 13.2 Å². The van der Waals surface area contributed by atoms with Crippen LogP contribution in [-0.4, -0.2) is 26.6 Å². The van der Waals surface area contributed by atoms with Crippen molar-refractivity contribution in [3.63, 3.8) is 0 Å². The highest BCUT2D eigenvalue weighted by Crippen LogP contribution is 2.17. The number of sulfonamides is 1. The highest BCUT2D eigenvalue weighted by molar-refractivity contribution is 7.92. The second kappa shape index (κ2) is 6.74. The molecule has 0 aliphatic carbocycles. The van der Waals surface area contributed by atoms with E-state index in [0.29, 0.717) is 16.8 Å². The summed E-state index contributed by atoms with van der Waals surface area (Å²) in [4.78, 5) is 12.1. The van der Waals surface area contributed by atoms with Crippen LogP contribution in [0.2, 0.25) is 0 Å². The van der Waals surface area contributed by atoms with Crippen LogP contribution in [0.25, 0.3) is 0 Å². The van der Waals surface area contributed by atoms with Crippen LogP contribution in [-0.2, 0) is 10.0 Å². The number of hydrogen-bond acceptors (Lipinski definition) is 3. The second-order valence-electron chi connectivity index (χ2n) is 4.89. The Morgan fingerprint density at radius 3 is 2.30 bits per heavy atom. The molecule has 0 spiro atoms. The molecule has 0 bridgehead atoms. The zero-order chi connectivity index (χ0) is 15.3. The van der Waals surface area contributed by atoms with E-state index in [9.17, 15) is 13.2 Å². The van der Waals surface area contributed by atoms with Crippen LogP contribution in [0.4, 0.5) is 5.69 Å². The maximum Gasteiger partial charge on any atom is 0.251 e. The zero-order valence-electron chi connectivity index (χ0n) is 12.4. The van der Waals surface area contributed by atoms with Gasteiger partial charge in [0.05, 0.1) is 11.9 Å². The molecule has 0 fully saturated rings. The molecule has 0 aliphatic rings. The quantitative estimate of drug-likeness (QED) is 0.846. The summed E-state index contributed by atoms with van der Waals surface area (Å²) in [7, 11) is -3.31. The molecule has 0 aliphatic heterocycles. The van der Waals surface area contributed by atoms with E-state index >= 15 is 0 Å². The van der Waals surface area contributed by atoms with Gasteiger partial charge in [-0.3, -0.25) is 9.52 Å². The molecule has 0 atom stereocenters. The monoisotopic (exact) mass is 298 g/mol. The first-order chi connectivity index (χ1) is 9.26. The summed E-state index contributed by atoms with van der Waals surface area (Å²) in [6.07, 6.45) is 2.87. The highest BCUT2D eigenvalue weighted by Gasteiger charge is 2.12. The van der Waals surface area contributed by atoms with E-state index in [1.807, 2.05) is 13.8 Å². The largest absolute Gasteiger partial charge is 0.349 e. The van der Waals surface area contributed by atoms with Crippen molar-refractivity contribution in [1.29, 1.82) is 0 Å². The molecule has 0 unspecified atom stereocenters. The summed E-state index contributed by atoms with van der Waals surface area (Å²) in [5, 5.41) is 2.95. The Bertz CT molecular complexity index is 578. The van der Waals surface area contributed by atoms with Crippen LogP contribution in [0.15, 0.2) is 18.2 Å². The second-order valence-corrected chi connectivity index (χ2v) is 6.64. The third kappa shape index (κ3) is 4.85. The highest BCUT2D eigenvalue weighted by atomic mass is 32.2. The van der Waals surface area contributed by atoms with Gasteiger partial charge in [-0.05, 0) is 43.5 Å². The van der Waals surface area contributed by atoms with Crippen LogP contribution in [0.1, 0.15) is 42.6 Å². The van der Waals surface area contributed by atoms with Crippen molar-refractivity contribution in [3.8, 4) is 0 Å². The number of carbonyl (C=O) groups excluding carboxylic acids is 1. The van der Waals surface area contributed by atoms with Gasteiger partial charge >= 0.3 is 0 Å². The lowest BCUT2D eigenvalue weighted by molar-refractivity contribution is 0.0935. The number of amides is 1. The first-order valence-electron chi connectivity index (χ1n) is 6.66. The molecule has 0 heterocycles. The molecule has 0 radical (unpaired) electrons. The molecule has 1 aromatic carbocycles. The van der Waals surface area contributed by atoms with E-state index < -0.39 is 10.0 Å². The molecule has 0 saturated carbocycles. The number of rotatable bonds is 6. The maximum absolute atomic E-state index is 12.1. The molecular formula is C14H22N2O3S. The Morgan fingerprint density at radius 2 is 1.85 bits per heavy atom. The van der Waals surface area contributed by atoms with Crippen molar-refractivity contribution in [2.45, 2.75) is 39.7 Å². The topological polar surface area (TPSA) is 75.3 Å². The summed E-state index contributed by atoms with van der Waals surface area (Å²) in [5.41, 5.74) is 1.74. The zero-order valence-corrected chi connectivity index (χ0v) is 13.2. The van der Waals surface area contributed by atoms with Crippen LogP contribution in [0, 0.1) is 6.92 Å². The predicted molar refractivity (Wildman–Crippen MR) is 81.5 cm³/mol. The molecule has 0 saturated heterocycles. The van der Waals surface area contributed by atoms with Crippen LogP contribution in [0.3, 0.4) is 0 Å². The van der Waals surface area contributed by atoms with E-state index in [1.54, 1.807) is 25.1 Å². The van der Waals surface area contributed by atoms with Gasteiger partial charge in [-0.2, -0.15) is 0 Å². The number of carbonyl (C=O) groups is 1. The van der Waals surface area contributed by atoms with Gasteiger partial charge in [0, 0.05) is 11.6 Å². The minimum atomic E-state index is -3.31. The molecule has 1 rings (SSSR count). The summed E-state index contributed by atoms with van der Waals surface area (Å²) < 4.78 is 24.8. The average molecular weight is 298 g/mol. The smallest absolute Gasteiger partial charge is 0.251 e. The normalized spacial score (nSPS) is 11.4. The first-order valence-corrected chi connectivity index (χ1v) is 8.55. The van der Waals surface area contributed by atoms with Crippen molar-refractivity contribution >= 4 is 21.6 Å². The molecule has 0 aromatic heterocycles. The standard InChI is InChI=1S/C14H22N2O3S/c1-5-12(6-2)15-14(17)11-7-8-13(10(3)9-11)16-20(4,18)19/h7-9,12,16H,5-6H2,1-4H3,(H,15,17). The minimum Gasteiger partial charge on any atom is -0.349 e. The van der Waals surface area contributed by atoms with E-state index in [2.05, 4.69) is 10.0 Å². The molecule has 5 nitrogen and oxygen atoms in total. The molecule has 20 heavy (non-hydrogen) atoms. The third-order valence-corrected chi connectivity index (χ3v) is 3.70. The molecule has 112 valence electrons. The lowest BCUT2D eigenvalue weighted by atomic mass is 10.1. The number of aryl methyl sites for hydroxylation is 1. The lowest BCUT2D eigenvalue weighted by Crippen LogP contribution is -2.33. The van der Waals surface area contributed by atoms with Gasteiger partial charge in [0.1, 0.15) is 0 Å². The fourth-order valence-electron chi connectivity index (χ4n) is 1.88. The van der Waals surface area contributed by atoms with Gasteiger partial charge in [-0.25, -0.2) is 8.42 Å². The molecule has 2 N–H and O–H groups in total. The Labute approximate surface area is 120 Å². The van der Waals surface area contributed by atoms with Gasteiger partial charge in [-0.15, -0.1) is 0 Å². The summed E-state index contributed by atoms with van der Waals surface area (Å²) >= 11 is 0. The van der Waals surface area contributed by atoms with E-state index in [-0.39, 0.29) is 11.9 Å². The fourth-order valence-corrected chi connectivity index (χ4v) is 2.51. The molecule has 6 heteroatoms. The maximum atomic E-state index is 12.1. The van der Waals surface area contributed by atoms with Crippen LogP contribution >= 0.6 is 0 Å². The Hall–Kier alpha value is -1.56. The van der Waals surface area contributed by atoms with Crippen molar-refractivity contribution in [3.05, 3.63) is 29.3 Å². The number of nitrogens with one attached hydrogen (secondary N) is 2. The van der Waals surface area contributed by atoms with Gasteiger partial charge < -0.3 is 5.32 Å².